The van der Waals surface area contributed by atoms with Crippen LogP contribution in [0.1, 0.15) is 40.0 Å². The van der Waals surface area contributed by atoms with Crippen LogP contribution in [-0.4, -0.2) is 59.4 Å². The first kappa shape index (κ1) is 19.9. The highest BCUT2D eigenvalue weighted by Gasteiger charge is 2.47. The number of carbonyl (C=O) groups is 2. The first-order valence-electron chi connectivity index (χ1n) is 9.08. The minimum Gasteiger partial charge on any atom is -0.443 e. The van der Waals surface area contributed by atoms with Crippen molar-refractivity contribution >= 4 is 28.4 Å². The highest BCUT2D eigenvalue weighted by molar-refractivity contribution is 8.32. The summed E-state index contributed by atoms with van der Waals surface area (Å²) in [6, 6.07) is 0. The normalized spacial score (nSPS) is 25.8. The van der Waals surface area contributed by atoms with E-state index in [1.54, 1.807) is 26.3 Å². The third kappa shape index (κ3) is 4.55. The lowest BCUT2D eigenvalue weighted by atomic mass is 9.97. The van der Waals surface area contributed by atoms with Gasteiger partial charge in [-0.05, 0) is 40.0 Å². The number of thiol groups is 1. The molecule has 2 aliphatic heterocycles. The number of hydrogen-bond acceptors (Lipinski definition) is 6. The van der Waals surface area contributed by atoms with Crippen LogP contribution in [0, 0.1) is 0 Å². The summed E-state index contributed by atoms with van der Waals surface area (Å²) >= 11 is 0. The number of nitrogens with one attached hydrogen (secondary N) is 2. The number of hydrazine groups is 1. The Labute approximate surface area is 160 Å². The van der Waals surface area contributed by atoms with E-state index in [2.05, 4.69) is 15.8 Å². The second kappa shape index (κ2) is 7.67. The summed E-state index contributed by atoms with van der Waals surface area (Å²) < 4.78 is 25.6. The molecule has 3 aliphatic rings. The molecular formula is C17H27FN4O4S. The molecule has 1 saturated heterocycles. The van der Waals surface area contributed by atoms with Gasteiger partial charge in [-0.3, -0.25) is 10.2 Å². The highest BCUT2D eigenvalue weighted by Crippen LogP contribution is 2.61. The van der Waals surface area contributed by atoms with Crippen LogP contribution in [-0.2, 0) is 14.3 Å². The van der Waals surface area contributed by atoms with Crippen molar-refractivity contribution in [3.05, 3.63) is 10.7 Å². The summed E-state index contributed by atoms with van der Waals surface area (Å²) in [6.07, 6.45) is 1.06. The lowest BCUT2D eigenvalue weighted by Gasteiger charge is -2.44. The van der Waals surface area contributed by atoms with E-state index in [0.29, 0.717) is 44.2 Å². The summed E-state index contributed by atoms with van der Waals surface area (Å²) in [7, 11) is -1.32. The van der Waals surface area contributed by atoms with Crippen molar-refractivity contribution < 1.29 is 23.5 Å². The van der Waals surface area contributed by atoms with Crippen LogP contribution < -0.4 is 10.9 Å². The number of hydrogen-bond donors (Lipinski definition) is 3. The Balaban J connectivity index is 1.74. The van der Waals surface area contributed by atoms with Gasteiger partial charge < -0.3 is 14.4 Å². The number of morpholine rings is 1. The van der Waals surface area contributed by atoms with E-state index in [1.807, 2.05) is 4.90 Å². The molecule has 1 unspecified atom stereocenters. The van der Waals surface area contributed by atoms with Crippen molar-refractivity contribution in [2.45, 2.75) is 50.6 Å². The maximum Gasteiger partial charge on any atom is 0.426 e. The van der Waals surface area contributed by atoms with Crippen LogP contribution in [0.4, 0.5) is 9.18 Å². The van der Waals surface area contributed by atoms with E-state index >= 15 is 4.39 Å². The van der Waals surface area contributed by atoms with E-state index in [4.69, 9.17) is 9.47 Å². The molecule has 1 saturated carbocycles. The summed E-state index contributed by atoms with van der Waals surface area (Å²) in [6.45, 7) is 7.39. The Bertz CT molecular complexity index is 666. The number of rotatable bonds is 3. The summed E-state index contributed by atoms with van der Waals surface area (Å²) in [5.41, 5.74) is 5.60. The van der Waals surface area contributed by atoms with Crippen molar-refractivity contribution in [1.29, 1.82) is 0 Å². The van der Waals surface area contributed by atoms with Crippen molar-refractivity contribution in [3.63, 3.8) is 0 Å². The Morgan fingerprint density at radius 3 is 2.52 bits per heavy atom. The number of aliphatic imine (C=N–C) groups is 1. The molecule has 2 fully saturated rings. The second-order valence-corrected chi connectivity index (χ2v) is 9.93. The third-order valence-electron chi connectivity index (χ3n) is 4.50. The molecule has 2 N–H and O–H groups in total. The molecule has 8 nitrogen and oxygen atoms in total. The first-order chi connectivity index (χ1) is 12.7. The SMILES string of the molecule is CC(C)(C)OC(=O)NNC(=O)C1=C(N2CCOCC2)[SH](C2(F)CCC2)C=N1. The Morgan fingerprint density at radius 2 is 1.96 bits per heavy atom. The highest BCUT2D eigenvalue weighted by atomic mass is 32.2. The van der Waals surface area contributed by atoms with Crippen LogP contribution in [0.5, 0.6) is 0 Å². The fourth-order valence-electron chi connectivity index (χ4n) is 3.05. The molecule has 1 aliphatic carbocycles. The fraction of sp³-hybridized carbons (Fsp3) is 0.706. The van der Waals surface area contributed by atoms with Gasteiger partial charge in [-0.15, -0.1) is 10.9 Å². The second-order valence-electron chi connectivity index (χ2n) is 7.74. The molecular weight excluding hydrogens is 375 g/mol. The van der Waals surface area contributed by atoms with Gasteiger partial charge in [0.05, 0.1) is 18.2 Å². The van der Waals surface area contributed by atoms with Crippen LogP contribution in [0.25, 0.3) is 0 Å². The molecule has 0 aromatic rings. The summed E-state index contributed by atoms with van der Waals surface area (Å²) in [5, 5.41) is -0.661. The number of halogens is 1. The van der Waals surface area contributed by atoms with Crippen LogP contribution >= 0.6 is 10.9 Å². The van der Waals surface area contributed by atoms with Gasteiger partial charge in [-0.2, -0.15) is 0 Å². The molecule has 0 aromatic carbocycles. The number of alkyl halides is 1. The molecule has 2 heterocycles. The number of ether oxygens (including phenoxy) is 2. The summed E-state index contributed by atoms with van der Waals surface area (Å²) in [5.74, 6) is -0.577. The zero-order valence-electron chi connectivity index (χ0n) is 15.9. The molecule has 152 valence electrons. The monoisotopic (exact) mass is 402 g/mol. The average molecular weight is 402 g/mol. The van der Waals surface area contributed by atoms with Gasteiger partial charge in [0.25, 0.3) is 5.91 Å². The Hall–Kier alpha value is -1.81. The van der Waals surface area contributed by atoms with E-state index in [9.17, 15) is 9.59 Å². The average Bonchev–Trinajstić information content (AvgIpc) is 3.02. The van der Waals surface area contributed by atoms with E-state index < -0.39 is 33.5 Å². The van der Waals surface area contributed by atoms with Crippen molar-refractivity contribution in [3.8, 4) is 0 Å². The van der Waals surface area contributed by atoms with Gasteiger partial charge in [-0.1, -0.05) is 0 Å². The van der Waals surface area contributed by atoms with Gasteiger partial charge in [0.2, 0.25) is 0 Å². The molecule has 0 radical (unpaired) electrons. The summed E-state index contributed by atoms with van der Waals surface area (Å²) in [4.78, 5) is 30.6. The molecule has 10 heteroatoms. The first-order valence-corrected chi connectivity index (χ1v) is 10.5. The lowest BCUT2D eigenvalue weighted by Crippen LogP contribution is -2.45. The van der Waals surface area contributed by atoms with Gasteiger partial charge in [0, 0.05) is 18.6 Å². The van der Waals surface area contributed by atoms with Crippen molar-refractivity contribution in [2.75, 3.05) is 26.3 Å². The molecule has 2 amide bonds. The zero-order chi connectivity index (χ0) is 19.7. The van der Waals surface area contributed by atoms with Gasteiger partial charge in [0.1, 0.15) is 10.6 Å². The van der Waals surface area contributed by atoms with Crippen LogP contribution in [0.3, 0.4) is 0 Å². The van der Waals surface area contributed by atoms with Crippen molar-refractivity contribution in [1.82, 2.24) is 15.8 Å². The fourth-order valence-corrected chi connectivity index (χ4v) is 5.67. The minimum absolute atomic E-state index is 0.156. The Kier molecular flexibility index (Phi) is 5.66. The van der Waals surface area contributed by atoms with Gasteiger partial charge in [0.15, 0.2) is 5.70 Å². The number of amides is 2. The van der Waals surface area contributed by atoms with Crippen molar-refractivity contribution in [2.24, 2.45) is 4.99 Å². The van der Waals surface area contributed by atoms with E-state index in [-0.39, 0.29) is 5.70 Å². The predicted octanol–water partition coefficient (Wildman–Crippen LogP) is 1.94. The molecule has 27 heavy (non-hydrogen) atoms. The molecule has 0 bridgehead atoms. The third-order valence-corrected chi connectivity index (χ3v) is 7.10. The largest absolute Gasteiger partial charge is 0.443 e. The maximum absolute atomic E-state index is 15.2. The lowest BCUT2D eigenvalue weighted by molar-refractivity contribution is -0.118. The zero-order valence-corrected chi connectivity index (χ0v) is 16.8. The maximum atomic E-state index is 15.2. The smallest absolute Gasteiger partial charge is 0.426 e. The topological polar surface area (TPSA) is 92.3 Å². The predicted molar refractivity (Wildman–Crippen MR) is 102 cm³/mol. The number of carbonyl (C=O) groups excluding carboxylic acids is 2. The molecule has 3 rings (SSSR count). The molecule has 1 atom stereocenters. The van der Waals surface area contributed by atoms with Crippen LogP contribution in [0.15, 0.2) is 15.7 Å². The Morgan fingerprint density at radius 1 is 1.30 bits per heavy atom. The molecule has 0 spiro atoms. The van der Waals surface area contributed by atoms with Crippen LogP contribution in [0.2, 0.25) is 0 Å². The van der Waals surface area contributed by atoms with Gasteiger partial charge in [-0.25, -0.2) is 19.6 Å². The quantitative estimate of drug-likeness (QED) is 0.496. The standard InChI is InChI=1S/C17H27FN4O4S/c1-16(2,3)26-15(24)21-20-13(23)12-14(22-7-9-25-10-8-22)27(11-19-12)17(18)5-4-6-17/h11,27H,4-10H2,1-3H3,(H,20,23)(H,21,24). The van der Waals surface area contributed by atoms with E-state index in [1.165, 1.54) is 0 Å². The van der Waals surface area contributed by atoms with E-state index in [0.717, 1.165) is 6.42 Å². The van der Waals surface area contributed by atoms with Gasteiger partial charge >= 0.3 is 6.09 Å². The number of nitrogens with zero attached hydrogens (tertiary/aromatic N) is 2. The minimum atomic E-state index is -1.32. The molecule has 0 aromatic heterocycles.